The van der Waals surface area contributed by atoms with Gasteiger partial charge >= 0.3 is 6.03 Å². The summed E-state index contributed by atoms with van der Waals surface area (Å²) in [6.07, 6.45) is 8.96. The second-order valence-electron chi connectivity index (χ2n) is 8.06. The number of aromatic nitrogens is 2. The second-order valence-corrected chi connectivity index (χ2v) is 8.06. The number of H-pyrrole nitrogens is 1. The first-order valence-corrected chi connectivity index (χ1v) is 10.6. The average molecular weight is 382 g/mol. The highest BCUT2D eigenvalue weighted by Crippen LogP contribution is 2.24. The summed E-state index contributed by atoms with van der Waals surface area (Å²) >= 11 is 0. The number of nitrogens with zero attached hydrogens (tertiary/aromatic N) is 3. The Hall–Kier alpha value is -2.34. The quantitative estimate of drug-likeness (QED) is 0.837. The number of benzene rings is 1. The zero-order valence-electron chi connectivity index (χ0n) is 16.5. The van der Waals surface area contributed by atoms with Crippen molar-refractivity contribution in [3.05, 3.63) is 54.1 Å². The van der Waals surface area contributed by atoms with Crippen molar-refractivity contribution in [2.45, 2.75) is 44.1 Å². The molecule has 0 aliphatic carbocycles. The van der Waals surface area contributed by atoms with Gasteiger partial charge in [0.25, 0.3) is 0 Å². The number of imidazole rings is 1. The third kappa shape index (κ3) is 4.93. The van der Waals surface area contributed by atoms with E-state index in [-0.39, 0.29) is 6.03 Å². The summed E-state index contributed by atoms with van der Waals surface area (Å²) in [6, 6.07) is 11.1. The van der Waals surface area contributed by atoms with E-state index in [9.17, 15) is 4.79 Å². The Morgan fingerprint density at radius 2 is 1.96 bits per heavy atom. The van der Waals surface area contributed by atoms with Crippen LogP contribution in [0.25, 0.3) is 0 Å². The Morgan fingerprint density at radius 1 is 1.14 bits per heavy atom. The molecular weight excluding hydrogens is 350 g/mol. The number of carbonyl (C=O) groups excluding carboxylic acids is 1. The molecule has 1 aromatic carbocycles. The van der Waals surface area contributed by atoms with Crippen LogP contribution in [0.2, 0.25) is 0 Å². The number of nitrogens with one attached hydrogen (secondary N) is 2. The van der Waals surface area contributed by atoms with Gasteiger partial charge in [0.05, 0.1) is 0 Å². The number of rotatable bonds is 5. The van der Waals surface area contributed by atoms with Gasteiger partial charge < -0.3 is 20.1 Å². The number of urea groups is 1. The van der Waals surface area contributed by atoms with Crippen LogP contribution in [0.3, 0.4) is 0 Å². The molecule has 6 heteroatoms. The SMILES string of the molecule is O=C(NC1CCN(CCc2ccccc2)CC1)N1CCC[C@@H](c2ncc[nH]2)C1. The van der Waals surface area contributed by atoms with Crippen molar-refractivity contribution in [2.24, 2.45) is 0 Å². The summed E-state index contributed by atoms with van der Waals surface area (Å²) in [7, 11) is 0. The lowest BCUT2D eigenvalue weighted by atomic mass is 9.97. The fourth-order valence-electron chi connectivity index (χ4n) is 4.38. The molecule has 2 N–H and O–H groups in total. The minimum Gasteiger partial charge on any atom is -0.348 e. The summed E-state index contributed by atoms with van der Waals surface area (Å²) in [5.74, 6) is 1.33. The summed E-state index contributed by atoms with van der Waals surface area (Å²) in [5.41, 5.74) is 1.40. The number of carbonyl (C=O) groups is 1. The normalized spacial score (nSPS) is 21.6. The standard InChI is InChI=1S/C22H31N5O/c28-22(27-13-4-7-19(17-27)21-23-11-12-24-21)25-20-9-15-26(16-10-20)14-8-18-5-2-1-3-6-18/h1-3,5-6,11-12,19-20H,4,7-10,13-17H2,(H,23,24)(H,25,28)/t19-/m1/s1. The van der Waals surface area contributed by atoms with Crippen LogP contribution in [0.5, 0.6) is 0 Å². The average Bonchev–Trinajstić information content (AvgIpc) is 3.29. The lowest BCUT2D eigenvalue weighted by Crippen LogP contribution is -2.51. The number of piperidine rings is 2. The minimum absolute atomic E-state index is 0.0963. The van der Waals surface area contributed by atoms with Crippen molar-refractivity contribution in [3.8, 4) is 0 Å². The largest absolute Gasteiger partial charge is 0.348 e. The van der Waals surface area contributed by atoms with Gasteiger partial charge in [-0.25, -0.2) is 9.78 Å². The molecule has 1 atom stereocenters. The Morgan fingerprint density at radius 3 is 2.71 bits per heavy atom. The summed E-state index contributed by atoms with van der Waals surface area (Å²) in [6.45, 7) is 4.83. The molecule has 0 saturated carbocycles. The van der Waals surface area contributed by atoms with Crippen molar-refractivity contribution < 1.29 is 4.79 Å². The number of hydrogen-bond acceptors (Lipinski definition) is 3. The first-order chi connectivity index (χ1) is 13.8. The predicted octanol–water partition coefficient (Wildman–Crippen LogP) is 3.01. The van der Waals surface area contributed by atoms with Gasteiger partial charge in [-0.15, -0.1) is 0 Å². The van der Waals surface area contributed by atoms with Crippen LogP contribution < -0.4 is 5.32 Å². The monoisotopic (exact) mass is 381 g/mol. The van der Waals surface area contributed by atoms with Crippen molar-refractivity contribution in [1.29, 1.82) is 0 Å². The van der Waals surface area contributed by atoms with Crippen LogP contribution in [-0.4, -0.2) is 64.6 Å². The Labute approximate surface area is 167 Å². The van der Waals surface area contributed by atoms with E-state index in [2.05, 4.69) is 50.5 Å². The summed E-state index contributed by atoms with van der Waals surface area (Å²) < 4.78 is 0. The number of aromatic amines is 1. The van der Waals surface area contributed by atoms with Gasteiger partial charge in [0.2, 0.25) is 0 Å². The number of likely N-dealkylation sites (tertiary alicyclic amines) is 2. The lowest BCUT2D eigenvalue weighted by molar-refractivity contribution is 0.160. The van der Waals surface area contributed by atoms with Gasteiger partial charge in [-0.05, 0) is 37.7 Å². The van der Waals surface area contributed by atoms with Crippen LogP contribution >= 0.6 is 0 Å². The summed E-state index contributed by atoms with van der Waals surface area (Å²) in [4.78, 5) is 24.8. The molecule has 2 aromatic rings. The first kappa shape index (κ1) is 19.0. The van der Waals surface area contributed by atoms with E-state index < -0.39 is 0 Å². The molecular formula is C22H31N5O. The van der Waals surface area contributed by atoms with E-state index in [1.54, 1.807) is 6.20 Å². The lowest BCUT2D eigenvalue weighted by Gasteiger charge is -2.36. The van der Waals surface area contributed by atoms with Crippen LogP contribution in [0.4, 0.5) is 4.79 Å². The maximum Gasteiger partial charge on any atom is 0.317 e. The molecule has 0 spiro atoms. The molecule has 2 fully saturated rings. The van der Waals surface area contributed by atoms with Crippen molar-refractivity contribution in [1.82, 2.24) is 25.1 Å². The van der Waals surface area contributed by atoms with Crippen LogP contribution in [-0.2, 0) is 6.42 Å². The molecule has 6 nitrogen and oxygen atoms in total. The van der Waals surface area contributed by atoms with E-state index in [0.717, 1.165) is 70.7 Å². The van der Waals surface area contributed by atoms with E-state index >= 15 is 0 Å². The molecule has 2 aliphatic heterocycles. The minimum atomic E-state index is 0.0963. The fourth-order valence-corrected chi connectivity index (χ4v) is 4.38. The van der Waals surface area contributed by atoms with Crippen LogP contribution in [0, 0.1) is 0 Å². The van der Waals surface area contributed by atoms with Gasteiger partial charge in [-0.3, -0.25) is 0 Å². The molecule has 0 unspecified atom stereocenters. The Balaban J connectivity index is 1.19. The predicted molar refractivity (Wildman–Crippen MR) is 110 cm³/mol. The zero-order chi connectivity index (χ0) is 19.2. The molecule has 2 amide bonds. The van der Waals surface area contributed by atoms with E-state index in [1.807, 2.05) is 11.1 Å². The van der Waals surface area contributed by atoms with Crippen LogP contribution in [0.15, 0.2) is 42.7 Å². The fraction of sp³-hybridized carbons (Fsp3) is 0.545. The third-order valence-electron chi connectivity index (χ3n) is 6.09. The topological polar surface area (TPSA) is 64.3 Å². The molecule has 2 saturated heterocycles. The van der Waals surface area contributed by atoms with Crippen molar-refractivity contribution >= 4 is 6.03 Å². The van der Waals surface area contributed by atoms with Gasteiger partial charge in [0.1, 0.15) is 5.82 Å². The number of amides is 2. The maximum atomic E-state index is 12.7. The van der Waals surface area contributed by atoms with Gasteiger partial charge in [-0.2, -0.15) is 0 Å². The maximum absolute atomic E-state index is 12.7. The molecule has 3 heterocycles. The van der Waals surface area contributed by atoms with Crippen molar-refractivity contribution in [2.75, 3.05) is 32.7 Å². The highest BCUT2D eigenvalue weighted by atomic mass is 16.2. The Bertz CT molecular complexity index is 725. The summed E-state index contributed by atoms with van der Waals surface area (Å²) in [5, 5.41) is 3.28. The molecule has 0 bridgehead atoms. The highest BCUT2D eigenvalue weighted by Gasteiger charge is 2.28. The first-order valence-electron chi connectivity index (χ1n) is 10.6. The highest BCUT2D eigenvalue weighted by molar-refractivity contribution is 5.74. The third-order valence-corrected chi connectivity index (χ3v) is 6.09. The molecule has 0 radical (unpaired) electrons. The zero-order valence-corrected chi connectivity index (χ0v) is 16.5. The second kappa shape index (κ2) is 9.24. The molecule has 2 aliphatic rings. The molecule has 150 valence electrons. The Kier molecular flexibility index (Phi) is 6.27. The van der Waals surface area contributed by atoms with Gasteiger partial charge in [0, 0.05) is 57.1 Å². The van der Waals surface area contributed by atoms with Gasteiger partial charge in [0.15, 0.2) is 0 Å². The molecule has 28 heavy (non-hydrogen) atoms. The van der Waals surface area contributed by atoms with E-state index in [0.29, 0.717) is 12.0 Å². The van der Waals surface area contributed by atoms with Crippen molar-refractivity contribution in [3.63, 3.8) is 0 Å². The van der Waals surface area contributed by atoms with E-state index in [4.69, 9.17) is 0 Å². The molecule has 4 rings (SSSR count). The van der Waals surface area contributed by atoms with Crippen LogP contribution in [0.1, 0.15) is 43.0 Å². The number of hydrogen-bond donors (Lipinski definition) is 2. The molecule has 1 aromatic heterocycles. The smallest absolute Gasteiger partial charge is 0.317 e. The van der Waals surface area contributed by atoms with E-state index in [1.165, 1.54) is 5.56 Å². The van der Waals surface area contributed by atoms with Gasteiger partial charge in [-0.1, -0.05) is 30.3 Å².